The number of aryl methyl sites for hydroxylation is 1. The summed E-state index contributed by atoms with van der Waals surface area (Å²) < 4.78 is 5.60. The number of nitrogens with zero attached hydrogens (tertiary/aromatic N) is 4. The number of halogens is 1. The number of hydrogen-bond donors (Lipinski definition) is 1. The van der Waals surface area contributed by atoms with Gasteiger partial charge in [0.05, 0.1) is 12.1 Å². The lowest BCUT2D eigenvalue weighted by Crippen LogP contribution is -2.17. The van der Waals surface area contributed by atoms with Crippen LogP contribution in [-0.2, 0) is 13.7 Å². The van der Waals surface area contributed by atoms with E-state index in [1.807, 2.05) is 18.2 Å². The molecule has 0 saturated heterocycles. The van der Waals surface area contributed by atoms with Crippen molar-refractivity contribution in [1.29, 1.82) is 0 Å². The van der Waals surface area contributed by atoms with Crippen LogP contribution in [0, 0.1) is 0 Å². The monoisotopic (exact) mass is 295 g/mol. The second-order valence-corrected chi connectivity index (χ2v) is 4.86. The van der Waals surface area contributed by atoms with E-state index >= 15 is 0 Å². The fraction of sp³-hybridized carbons (Fsp3) is 0.462. The molecule has 1 unspecified atom stereocenters. The van der Waals surface area contributed by atoms with Crippen LogP contribution in [0.1, 0.15) is 31.3 Å². The standard InChI is InChI=1S/C13H18ClN5O/c1-4-15-9(2)10-5-6-12(11(14)7-10)20-8-13-16-18-19(3)17-13/h5-7,9,15H,4,8H2,1-3H3. The first-order valence-electron chi connectivity index (χ1n) is 6.48. The summed E-state index contributed by atoms with van der Waals surface area (Å²) in [5.41, 5.74) is 1.13. The maximum absolute atomic E-state index is 6.23. The van der Waals surface area contributed by atoms with E-state index in [9.17, 15) is 0 Å². The SMILES string of the molecule is CCNC(C)c1ccc(OCc2nnn(C)n2)c(Cl)c1. The van der Waals surface area contributed by atoms with Gasteiger partial charge in [-0.3, -0.25) is 0 Å². The Kier molecular flexibility index (Phi) is 4.92. The minimum atomic E-state index is 0.246. The summed E-state index contributed by atoms with van der Waals surface area (Å²) in [6.07, 6.45) is 0. The summed E-state index contributed by atoms with van der Waals surface area (Å²) in [6.45, 7) is 5.33. The van der Waals surface area contributed by atoms with Crippen LogP contribution < -0.4 is 10.1 Å². The van der Waals surface area contributed by atoms with E-state index in [-0.39, 0.29) is 12.6 Å². The highest BCUT2D eigenvalue weighted by molar-refractivity contribution is 6.32. The molecular formula is C13H18ClN5O. The molecule has 1 heterocycles. The topological polar surface area (TPSA) is 64.9 Å². The summed E-state index contributed by atoms with van der Waals surface area (Å²) in [4.78, 5) is 1.39. The van der Waals surface area contributed by atoms with E-state index in [0.717, 1.165) is 12.1 Å². The molecule has 0 spiro atoms. The normalized spacial score (nSPS) is 12.4. The second kappa shape index (κ2) is 6.67. The Hall–Kier alpha value is -1.66. The minimum absolute atomic E-state index is 0.246. The fourth-order valence-corrected chi connectivity index (χ4v) is 2.09. The summed E-state index contributed by atoms with van der Waals surface area (Å²) >= 11 is 6.23. The zero-order valence-corrected chi connectivity index (χ0v) is 12.6. The third kappa shape index (κ3) is 3.68. The lowest BCUT2D eigenvalue weighted by atomic mass is 10.1. The number of nitrogens with one attached hydrogen (secondary N) is 1. The molecule has 6 nitrogen and oxygen atoms in total. The lowest BCUT2D eigenvalue weighted by molar-refractivity contribution is 0.295. The van der Waals surface area contributed by atoms with Crippen LogP contribution in [-0.4, -0.2) is 26.8 Å². The molecule has 0 fully saturated rings. The average molecular weight is 296 g/mol. The Balaban J connectivity index is 2.02. The van der Waals surface area contributed by atoms with E-state index in [0.29, 0.717) is 16.6 Å². The Morgan fingerprint density at radius 1 is 1.45 bits per heavy atom. The Labute approximate surface area is 123 Å². The van der Waals surface area contributed by atoms with Crippen molar-refractivity contribution < 1.29 is 4.74 Å². The van der Waals surface area contributed by atoms with E-state index < -0.39 is 0 Å². The van der Waals surface area contributed by atoms with E-state index in [1.165, 1.54) is 4.80 Å². The van der Waals surface area contributed by atoms with Gasteiger partial charge in [0.1, 0.15) is 5.75 Å². The Morgan fingerprint density at radius 2 is 2.25 bits per heavy atom. The molecule has 0 bridgehead atoms. The van der Waals surface area contributed by atoms with Crippen molar-refractivity contribution in [1.82, 2.24) is 25.5 Å². The number of rotatable bonds is 6. The van der Waals surface area contributed by atoms with Gasteiger partial charge in [0, 0.05) is 6.04 Å². The molecule has 0 aliphatic heterocycles. The van der Waals surface area contributed by atoms with Crippen molar-refractivity contribution in [3.05, 3.63) is 34.6 Å². The quantitative estimate of drug-likeness (QED) is 0.884. The number of ether oxygens (including phenoxy) is 1. The fourth-order valence-electron chi connectivity index (χ4n) is 1.85. The zero-order chi connectivity index (χ0) is 14.5. The van der Waals surface area contributed by atoms with Gasteiger partial charge in [-0.15, -0.1) is 10.2 Å². The van der Waals surface area contributed by atoms with E-state index in [2.05, 4.69) is 34.6 Å². The third-order valence-electron chi connectivity index (χ3n) is 2.87. The zero-order valence-electron chi connectivity index (χ0n) is 11.8. The van der Waals surface area contributed by atoms with E-state index in [1.54, 1.807) is 7.05 Å². The molecule has 7 heteroatoms. The number of benzene rings is 1. The van der Waals surface area contributed by atoms with Crippen molar-refractivity contribution in [2.24, 2.45) is 7.05 Å². The van der Waals surface area contributed by atoms with E-state index in [4.69, 9.17) is 16.3 Å². The highest BCUT2D eigenvalue weighted by atomic mass is 35.5. The predicted octanol–water partition coefficient (Wildman–Crippen LogP) is 2.11. The molecule has 0 saturated carbocycles. The molecule has 2 rings (SSSR count). The lowest BCUT2D eigenvalue weighted by Gasteiger charge is -2.14. The first-order valence-corrected chi connectivity index (χ1v) is 6.86. The molecule has 1 N–H and O–H groups in total. The van der Waals surface area contributed by atoms with Gasteiger partial charge >= 0.3 is 0 Å². The van der Waals surface area contributed by atoms with Crippen LogP contribution in [0.3, 0.4) is 0 Å². The third-order valence-corrected chi connectivity index (χ3v) is 3.17. The summed E-state index contributed by atoms with van der Waals surface area (Å²) in [7, 11) is 1.71. The predicted molar refractivity (Wildman–Crippen MR) is 76.7 cm³/mol. The van der Waals surface area contributed by atoms with Gasteiger partial charge in [-0.2, -0.15) is 4.80 Å². The molecule has 1 aromatic heterocycles. The maximum Gasteiger partial charge on any atom is 0.212 e. The molecule has 0 aliphatic carbocycles. The second-order valence-electron chi connectivity index (χ2n) is 4.45. The van der Waals surface area contributed by atoms with Crippen LogP contribution in [0.4, 0.5) is 0 Å². The van der Waals surface area contributed by atoms with Crippen LogP contribution in [0.25, 0.3) is 0 Å². The van der Waals surface area contributed by atoms with Crippen LogP contribution in [0.5, 0.6) is 5.75 Å². The van der Waals surface area contributed by atoms with Crippen LogP contribution in [0.2, 0.25) is 5.02 Å². The van der Waals surface area contributed by atoms with Crippen molar-refractivity contribution in [3.8, 4) is 5.75 Å². The number of aromatic nitrogens is 4. The van der Waals surface area contributed by atoms with Crippen LogP contribution in [0.15, 0.2) is 18.2 Å². The van der Waals surface area contributed by atoms with Crippen LogP contribution >= 0.6 is 11.6 Å². The summed E-state index contributed by atoms with van der Waals surface area (Å²) in [5, 5.41) is 15.6. The molecule has 108 valence electrons. The average Bonchev–Trinajstić information content (AvgIpc) is 2.83. The molecule has 0 radical (unpaired) electrons. The van der Waals surface area contributed by atoms with Crippen molar-refractivity contribution >= 4 is 11.6 Å². The Bertz CT molecular complexity index is 572. The van der Waals surface area contributed by atoms with Gasteiger partial charge in [-0.1, -0.05) is 24.6 Å². The summed E-state index contributed by atoms with van der Waals surface area (Å²) in [6, 6.07) is 6.03. The first kappa shape index (κ1) is 14.7. The molecule has 1 atom stereocenters. The largest absolute Gasteiger partial charge is 0.484 e. The molecule has 1 aromatic carbocycles. The highest BCUT2D eigenvalue weighted by Gasteiger charge is 2.09. The number of hydrogen-bond acceptors (Lipinski definition) is 5. The molecular weight excluding hydrogens is 278 g/mol. The van der Waals surface area contributed by atoms with Crippen molar-refractivity contribution in [2.45, 2.75) is 26.5 Å². The molecule has 0 aliphatic rings. The molecule has 20 heavy (non-hydrogen) atoms. The molecule has 0 amide bonds. The van der Waals surface area contributed by atoms with Crippen molar-refractivity contribution in [3.63, 3.8) is 0 Å². The van der Waals surface area contributed by atoms with Gasteiger partial charge in [-0.25, -0.2) is 0 Å². The summed E-state index contributed by atoms with van der Waals surface area (Å²) in [5.74, 6) is 1.14. The van der Waals surface area contributed by atoms with Gasteiger partial charge in [0.2, 0.25) is 5.82 Å². The van der Waals surface area contributed by atoms with Gasteiger partial charge in [0.15, 0.2) is 6.61 Å². The smallest absolute Gasteiger partial charge is 0.212 e. The van der Waals surface area contributed by atoms with Crippen molar-refractivity contribution in [2.75, 3.05) is 6.54 Å². The van der Waals surface area contributed by atoms with Gasteiger partial charge < -0.3 is 10.1 Å². The Morgan fingerprint density at radius 3 is 2.85 bits per heavy atom. The number of tetrazole rings is 1. The molecule has 2 aromatic rings. The van der Waals surface area contributed by atoms with Gasteiger partial charge in [0.25, 0.3) is 0 Å². The minimum Gasteiger partial charge on any atom is -0.484 e. The van der Waals surface area contributed by atoms with Gasteiger partial charge in [-0.05, 0) is 36.4 Å². The first-order chi connectivity index (χ1) is 9.60. The maximum atomic E-state index is 6.23. The highest BCUT2D eigenvalue weighted by Crippen LogP contribution is 2.28.